The molecule has 2 aromatic rings. The Bertz CT molecular complexity index is 914. The number of rotatable bonds is 9. The van der Waals surface area contributed by atoms with Crippen molar-refractivity contribution >= 4 is 27.5 Å². The molecule has 0 spiro atoms. The molecule has 0 unspecified atom stereocenters. The molecule has 1 heterocycles. The number of ether oxygens (including phenoxy) is 3. The highest BCUT2D eigenvalue weighted by Gasteiger charge is 2.38. The SMILES string of the molecule is C/C(Cl)=C/COc1ccc(OCCCOc2cc(C(F)(F)F)cc(C(F)(F)F)n2)c(Br)c1. The molecule has 0 bridgehead atoms. The minimum absolute atomic E-state index is 0.0615. The fourth-order valence-corrected chi connectivity index (χ4v) is 2.78. The van der Waals surface area contributed by atoms with Crippen molar-refractivity contribution in [3.05, 3.63) is 57.2 Å². The molecule has 0 N–H and O–H groups in total. The Morgan fingerprint density at radius 2 is 1.69 bits per heavy atom. The zero-order valence-corrected chi connectivity index (χ0v) is 18.8. The average Bonchev–Trinajstić information content (AvgIpc) is 2.67. The van der Waals surface area contributed by atoms with E-state index in [0.29, 0.717) is 33.7 Å². The lowest BCUT2D eigenvalue weighted by Crippen LogP contribution is -2.14. The van der Waals surface area contributed by atoms with Crippen LogP contribution in [0.3, 0.4) is 0 Å². The van der Waals surface area contributed by atoms with Gasteiger partial charge in [-0.05, 0) is 53.2 Å². The van der Waals surface area contributed by atoms with Crippen molar-refractivity contribution < 1.29 is 40.6 Å². The molecule has 0 radical (unpaired) electrons. The number of halogens is 8. The lowest BCUT2D eigenvalue weighted by molar-refractivity contribution is -0.145. The number of hydrogen-bond acceptors (Lipinski definition) is 4. The smallest absolute Gasteiger partial charge is 0.433 e. The van der Waals surface area contributed by atoms with E-state index in [-0.39, 0.29) is 25.7 Å². The number of pyridine rings is 1. The molecule has 0 fully saturated rings. The first-order chi connectivity index (χ1) is 14.9. The van der Waals surface area contributed by atoms with Crippen LogP contribution in [0.4, 0.5) is 26.3 Å². The van der Waals surface area contributed by atoms with E-state index in [9.17, 15) is 26.3 Å². The monoisotopic (exact) mass is 547 g/mol. The summed E-state index contributed by atoms with van der Waals surface area (Å²) >= 11 is 9.04. The zero-order chi connectivity index (χ0) is 23.9. The van der Waals surface area contributed by atoms with Crippen LogP contribution < -0.4 is 14.2 Å². The third kappa shape index (κ3) is 8.42. The van der Waals surface area contributed by atoms with Crippen LogP contribution in [0.2, 0.25) is 0 Å². The van der Waals surface area contributed by atoms with E-state index < -0.39 is 29.5 Å². The molecule has 0 atom stereocenters. The van der Waals surface area contributed by atoms with Crippen molar-refractivity contribution in [3.8, 4) is 17.4 Å². The number of alkyl halides is 6. The second-order valence-electron chi connectivity index (χ2n) is 6.32. The Kier molecular flexibility index (Phi) is 9.08. The Balaban J connectivity index is 1.89. The highest BCUT2D eigenvalue weighted by molar-refractivity contribution is 9.10. The number of allylic oxidation sites excluding steroid dienone is 1. The van der Waals surface area contributed by atoms with Gasteiger partial charge in [0, 0.05) is 17.5 Å². The van der Waals surface area contributed by atoms with Gasteiger partial charge in [0.05, 0.1) is 23.2 Å². The third-order valence-corrected chi connectivity index (χ3v) is 4.51. The Labute approximate surface area is 193 Å². The van der Waals surface area contributed by atoms with Gasteiger partial charge in [-0.1, -0.05) is 11.6 Å². The van der Waals surface area contributed by atoms with Gasteiger partial charge in [-0.2, -0.15) is 26.3 Å². The second kappa shape index (κ2) is 11.1. The van der Waals surface area contributed by atoms with Gasteiger partial charge in [0.2, 0.25) is 5.88 Å². The van der Waals surface area contributed by atoms with E-state index in [1.807, 2.05) is 0 Å². The molecule has 0 aliphatic rings. The van der Waals surface area contributed by atoms with E-state index in [4.69, 9.17) is 25.8 Å². The van der Waals surface area contributed by atoms with Gasteiger partial charge in [-0.15, -0.1) is 0 Å². The molecule has 0 aliphatic carbocycles. The minimum atomic E-state index is -5.04. The van der Waals surface area contributed by atoms with Crippen molar-refractivity contribution in [2.45, 2.75) is 25.7 Å². The van der Waals surface area contributed by atoms with Gasteiger partial charge < -0.3 is 14.2 Å². The topological polar surface area (TPSA) is 40.6 Å². The fraction of sp³-hybridized carbons (Fsp3) is 0.350. The van der Waals surface area contributed by atoms with Crippen LogP contribution in [0.1, 0.15) is 24.6 Å². The van der Waals surface area contributed by atoms with Crippen LogP contribution in [0.25, 0.3) is 0 Å². The molecule has 0 aliphatic heterocycles. The van der Waals surface area contributed by atoms with E-state index in [1.54, 1.807) is 31.2 Å². The number of aromatic nitrogens is 1. The minimum Gasteiger partial charge on any atom is -0.492 e. The molecule has 12 heteroatoms. The van der Waals surface area contributed by atoms with Crippen LogP contribution >= 0.6 is 27.5 Å². The summed E-state index contributed by atoms with van der Waals surface area (Å²) in [6, 6.07) is 5.34. The van der Waals surface area contributed by atoms with E-state index in [1.165, 1.54) is 0 Å². The second-order valence-corrected chi connectivity index (χ2v) is 7.77. The normalized spacial score (nSPS) is 12.6. The van der Waals surface area contributed by atoms with Gasteiger partial charge >= 0.3 is 12.4 Å². The lowest BCUT2D eigenvalue weighted by Gasteiger charge is -2.14. The Hall–Kier alpha value is -2.14. The van der Waals surface area contributed by atoms with Crippen LogP contribution in [0.15, 0.2) is 45.9 Å². The predicted molar refractivity (Wildman–Crippen MR) is 109 cm³/mol. The van der Waals surface area contributed by atoms with Gasteiger partial charge in [0.1, 0.15) is 23.8 Å². The van der Waals surface area contributed by atoms with E-state index in [0.717, 1.165) is 0 Å². The summed E-state index contributed by atoms with van der Waals surface area (Å²) in [5.41, 5.74) is -3.17. The summed E-state index contributed by atoms with van der Waals surface area (Å²) in [7, 11) is 0. The largest absolute Gasteiger partial charge is 0.492 e. The van der Waals surface area contributed by atoms with Gasteiger partial charge in [-0.3, -0.25) is 0 Å². The molecule has 176 valence electrons. The Morgan fingerprint density at radius 1 is 1.00 bits per heavy atom. The van der Waals surface area contributed by atoms with Crippen molar-refractivity contribution in [1.82, 2.24) is 4.98 Å². The van der Waals surface area contributed by atoms with Gasteiger partial charge in [0.25, 0.3) is 0 Å². The first kappa shape index (κ1) is 26.1. The van der Waals surface area contributed by atoms with E-state index >= 15 is 0 Å². The van der Waals surface area contributed by atoms with E-state index in [2.05, 4.69) is 20.9 Å². The Morgan fingerprint density at radius 3 is 2.28 bits per heavy atom. The number of benzene rings is 1. The molecular formula is C20H17BrClF6NO3. The molecule has 0 saturated heterocycles. The van der Waals surface area contributed by atoms with Gasteiger partial charge in [-0.25, -0.2) is 4.98 Å². The average molecular weight is 549 g/mol. The molecule has 1 aromatic carbocycles. The first-order valence-corrected chi connectivity index (χ1v) is 10.2. The first-order valence-electron chi connectivity index (χ1n) is 9.03. The summed E-state index contributed by atoms with van der Waals surface area (Å²) in [5.74, 6) is 0.270. The predicted octanol–water partition coefficient (Wildman–Crippen LogP) is 7.25. The lowest BCUT2D eigenvalue weighted by atomic mass is 10.2. The van der Waals surface area contributed by atoms with Gasteiger partial charge in [0.15, 0.2) is 0 Å². The fourth-order valence-electron chi connectivity index (χ4n) is 2.25. The van der Waals surface area contributed by atoms with Crippen LogP contribution in [0, 0.1) is 0 Å². The summed E-state index contributed by atoms with van der Waals surface area (Å²) in [4.78, 5) is 3.11. The highest BCUT2D eigenvalue weighted by atomic mass is 79.9. The molecule has 0 saturated carbocycles. The molecule has 0 amide bonds. The standard InChI is InChI=1S/C20H17BrClF6NO3/c1-12(22)5-8-30-14-3-4-16(15(21)11-14)31-6-2-7-32-18-10-13(19(23,24)25)9-17(29-18)20(26,27)28/h3-5,9-11H,2,6-8H2,1H3/b12-5-. The summed E-state index contributed by atoms with van der Waals surface area (Å²) in [6.07, 6.45) is -8.13. The van der Waals surface area contributed by atoms with Crippen LogP contribution in [-0.4, -0.2) is 24.8 Å². The molecule has 1 aromatic heterocycles. The number of hydrogen-bond donors (Lipinski definition) is 0. The summed E-state index contributed by atoms with van der Waals surface area (Å²) in [5, 5.41) is 0.598. The molecule has 4 nitrogen and oxygen atoms in total. The summed E-state index contributed by atoms with van der Waals surface area (Å²) < 4.78 is 93.6. The van der Waals surface area contributed by atoms with Crippen LogP contribution in [0.5, 0.6) is 17.4 Å². The zero-order valence-electron chi connectivity index (χ0n) is 16.5. The maximum Gasteiger partial charge on any atom is 0.433 e. The maximum atomic E-state index is 12.8. The van der Waals surface area contributed by atoms with Crippen molar-refractivity contribution in [3.63, 3.8) is 0 Å². The van der Waals surface area contributed by atoms with Crippen molar-refractivity contribution in [2.75, 3.05) is 19.8 Å². The number of nitrogens with zero attached hydrogens (tertiary/aromatic N) is 1. The summed E-state index contributed by atoms with van der Waals surface area (Å²) in [6.45, 7) is 1.91. The highest BCUT2D eigenvalue weighted by Crippen LogP contribution is 2.36. The van der Waals surface area contributed by atoms with Crippen molar-refractivity contribution in [1.29, 1.82) is 0 Å². The molecule has 32 heavy (non-hydrogen) atoms. The van der Waals surface area contributed by atoms with Crippen LogP contribution in [-0.2, 0) is 12.4 Å². The molecular weight excluding hydrogens is 532 g/mol. The van der Waals surface area contributed by atoms with Crippen molar-refractivity contribution in [2.24, 2.45) is 0 Å². The third-order valence-electron chi connectivity index (χ3n) is 3.73. The quantitative estimate of drug-likeness (QED) is 0.244. The maximum absolute atomic E-state index is 12.8. The molecule has 2 rings (SSSR count).